The third-order valence-electron chi connectivity index (χ3n) is 4.40. The number of benzene rings is 3. The minimum Gasteiger partial charge on any atom is -0.416 e. The fourth-order valence-corrected chi connectivity index (χ4v) is 2.95. The number of aromatic nitrogens is 2. The Bertz CT molecular complexity index is 1220. The Hall–Kier alpha value is -3.65. The van der Waals surface area contributed by atoms with E-state index in [0.717, 1.165) is 24.3 Å². The lowest BCUT2D eigenvalue weighted by Crippen LogP contribution is -2.13. The first-order chi connectivity index (χ1) is 14.8. The Kier molecular flexibility index (Phi) is 5.48. The number of alkyl halides is 3. The molecule has 0 fully saturated rings. The molecule has 1 aromatic heterocycles. The van der Waals surface area contributed by atoms with Crippen LogP contribution in [0.1, 0.15) is 15.9 Å². The topological polar surface area (TPSA) is 68.0 Å². The minimum absolute atomic E-state index is 0.0789. The number of para-hydroxylation sites is 1. The monoisotopic (exact) mass is 443 g/mol. The molecule has 0 saturated carbocycles. The molecular weight excluding hydrogens is 431 g/mol. The van der Waals surface area contributed by atoms with Gasteiger partial charge in [0.05, 0.1) is 16.8 Å². The number of carbonyl (C=O) groups excluding carboxylic acids is 1. The van der Waals surface area contributed by atoms with E-state index >= 15 is 0 Å². The fraction of sp³-hybridized carbons (Fsp3) is 0.0455. The minimum atomic E-state index is -4.47. The van der Waals surface area contributed by atoms with Crippen molar-refractivity contribution >= 4 is 23.2 Å². The van der Waals surface area contributed by atoms with Gasteiger partial charge in [0, 0.05) is 16.1 Å². The highest BCUT2D eigenvalue weighted by Crippen LogP contribution is 2.31. The van der Waals surface area contributed by atoms with Gasteiger partial charge in [0.2, 0.25) is 11.8 Å². The summed E-state index contributed by atoms with van der Waals surface area (Å²) in [5, 5.41) is 11.3. The van der Waals surface area contributed by atoms with Gasteiger partial charge in [0.15, 0.2) is 0 Å². The molecule has 4 rings (SSSR count). The molecule has 0 aliphatic rings. The Labute approximate surface area is 179 Å². The van der Waals surface area contributed by atoms with Crippen molar-refractivity contribution in [3.8, 4) is 22.9 Å². The summed E-state index contributed by atoms with van der Waals surface area (Å²) >= 11 is 5.89. The van der Waals surface area contributed by atoms with E-state index in [-0.39, 0.29) is 17.3 Å². The Morgan fingerprint density at radius 2 is 1.52 bits per heavy atom. The molecule has 5 nitrogen and oxygen atoms in total. The van der Waals surface area contributed by atoms with Gasteiger partial charge in [-0.25, -0.2) is 0 Å². The Morgan fingerprint density at radius 1 is 0.871 bits per heavy atom. The van der Waals surface area contributed by atoms with Gasteiger partial charge in [-0.3, -0.25) is 4.79 Å². The van der Waals surface area contributed by atoms with Crippen molar-refractivity contribution in [2.45, 2.75) is 6.18 Å². The number of anilines is 1. The predicted molar refractivity (Wildman–Crippen MR) is 110 cm³/mol. The Balaban J connectivity index is 1.58. The van der Waals surface area contributed by atoms with Crippen LogP contribution in [0.4, 0.5) is 18.9 Å². The lowest BCUT2D eigenvalue weighted by molar-refractivity contribution is -0.137. The molecule has 0 unspecified atom stereocenters. The first-order valence-electron chi connectivity index (χ1n) is 8.99. The zero-order valence-electron chi connectivity index (χ0n) is 15.7. The maximum Gasteiger partial charge on any atom is 0.416 e. The molecule has 1 amide bonds. The molecule has 31 heavy (non-hydrogen) atoms. The normalized spacial score (nSPS) is 11.4. The molecule has 0 radical (unpaired) electrons. The van der Waals surface area contributed by atoms with E-state index in [1.807, 2.05) is 0 Å². The van der Waals surface area contributed by atoms with E-state index < -0.39 is 17.6 Å². The number of amides is 1. The summed E-state index contributed by atoms with van der Waals surface area (Å²) in [6, 6.07) is 17.5. The number of hydrogen-bond acceptors (Lipinski definition) is 4. The number of hydrogen-bond donors (Lipinski definition) is 1. The van der Waals surface area contributed by atoms with Crippen LogP contribution >= 0.6 is 11.6 Å². The van der Waals surface area contributed by atoms with E-state index in [1.165, 1.54) is 0 Å². The second-order valence-corrected chi connectivity index (χ2v) is 6.93. The standard InChI is InChI=1S/C22H13ClF3N3O2/c23-16-11-7-14(8-12-16)20-28-29-21(31-20)17-3-1-2-4-18(17)27-19(30)13-5-9-15(10-6-13)22(24,25)26/h1-12H,(H,27,30). The van der Waals surface area contributed by atoms with Crippen LogP contribution in [0.5, 0.6) is 0 Å². The predicted octanol–water partition coefficient (Wildman–Crippen LogP) is 6.33. The fourth-order valence-electron chi connectivity index (χ4n) is 2.82. The smallest absolute Gasteiger partial charge is 0.416 e. The number of carbonyl (C=O) groups is 1. The van der Waals surface area contributed by atoms with Gasteiger partial charge in [-0.1, -0.05) is 23.7 Å². The molecule has 1 heterocycles. The van der Waals surface area contributed by atoms with Crippen molar-refractivity contribution in [3.05, 3.63) is 88.9 Å². The number of nitrogens with one attached hydrogen (secondary N) is 1. The maximum atomic E-state index is 12.7. The zero-order chi connectivity index (χ0) is 22.0. The SMILES string of the molecule is O=C(Nc1ccccc1-c1nnc(-c2ccc(Cl)cc2)o1)c1ccc(C(F)(F)F)cc1. The molecule has 0 spiro atoms. The number of halogens is 4. The molecule has 4 aromatic rings. The van der Waals surface area contributed by atoms with Crippen LogP contribution in [0.2, 0.25) is 5.02 Å². The molecule has 1 N–H and O–H groups in total. The van der Waals surface area contributed by atoms with Crippen molar-refractivity contribution in [1.29, 1.82) is 0 Å². The molecule has 0 atom stereocenters. The molecule has 9 heteroatoms. The van der Waals surface area contributed by atoms with Crippen LogP contribution in [0.15, 0.2) is 77.2 Å². The lowest BCUT2D eigenvalue weighted by Gasteiger charge is -2.10. The van der Waals surface area contributed by atoms with E-state index in [2.05, 4.69) is 15.5 Å². The van der Waals surface area contributed by atoms with Crippen LogP contribution in [-0.4, -0.2) is 16.1 Å². The molecular formula is C22H13ClF3N3O2. The van der Waals surface area contributed by atoms with E-state index in [9.17, 15) is 18.0 Å². The second kappa shape index (κ2) is 8.23. The van der Waals surface area contributed by atoms with Crippen molar-refractivity contribution in [2.75, 3.05) is 5.32 Å². The second-order valence-electron chi connectivity index (χ2n) is 6.49. The summed E-state index contributed by atoms with van der Waals surface area (Å²) in [5.74, 6) is -0.123. The molecule has 0 aliphatic carbocycles. The highest BCUT2D eigenvalue weighted by Gasteiger charge is 2.30. The first-order valence-corrected chi connectivity index (χ1v) is 9.36. The Morgan fingerprint density at radius 3 is 2.19 bits per heavy atom. The summed E-state index contributed by atoms with van der Waals surface area (Å²) < 4.78 is 43.9. The van der Waals surface area contributed by atoms with Crippen LogP contribution < -0.4 is 5.32 Å². The average molecular weight is 444 g/mol. The largest absolute Gasteiger partial charge is 0.416 e. The van der Waals surface area contributed by atoms with E-state index in [0.29, 0.717) is 21.8 Å². The highest BCUT2D eigenvalue weighted by molar-refractivity contribution is 6.30. The molecule has 156 valence electrons. The number of nitrogens with zero attached hydrogens (tertiary/aromatic N) is 2. The summed E-state index contributed by atoms with van der Waals surface area (Å²) in [7, 11) is 0. The van der Waals surface area contributed by atoms with E-state index in [1.54, 1.807) is 48.5 Å². The van der Waals surface area contributed by atoms with Crippen LogP contribution in [0.3, 0.4) is 0 Å². The van der Waals surface area contributed by atoms with Crippen LogP contribution in [0.25, 0.3) is 22.9 Å². The number of rotatable bonds is 4. The third kappa shape index (κ3) is 4.59. The molecule has 3 aromatic carbocycles. The van der Waals surface area contributed by atoms with Gasteiger partial charge in [0.1, 0.15) is 0 Å². The zero-order valence-corrected chi connectivity index (χ0v) is 16.4. The van der Waals surface area contributed by atoms with Crippen LogP contribution in [0, 0.1) is 0 Å². The molecule has 0 saturated heterocycles. The first kappa shape index (κ1) is 20.6. The summed E-state index contributed by atoms with van der Waals surface area (Å²) in [5.41, 5.74) is 0.767. The van der Waals surface area contributed by atoms with Crippen molar-refractivity contribution in [2.24, 2.45) is 0 Å². The van der Waals surface area contributed by atoms with Gasteiger partial charge >= 0.3 is 6.18 Å². The van der Waals surface area contributed by atoms with E-state index in [4.69, 9.17) is 16.0 Å². The van der Waals surface area contributed by atoms with Gasteiger partial charge in [-0.15, -0.1) is 10.2 Å². The van der Waals surface area contributed by atoms with Crippen molar-refractivity contribution in [3.63, 3.8) is 0 Å². The van der Waals surface area contributed by atoms with Crippen LogP contribution in [-0.2, 0) is 6.18 Å². The van der Waals surface area contributed by atoms with Gasteiger partial charge in [-0.2, -0.15) is 13.2 Å². The maximum absolute atomic E-state index is 12.7. The van der Waals surface area contributed by atoms with Gasteiger partial charge < -0.3 is 9.73 Å². The van der Waals surface area contributed by atoms with Gasteiger partial charge in [0.25, 0.3) is 5.91 Å². The summed E-state index contributed by atoms with van der Waals surface area (Å²) in [4.78, 5) is 12.5. The van der Waals surface area contributed by atoms with Crippen molar-refractivity contribution in [1.82, 2.24) is 10.2 Å². The average Bonchev–Trinajstić information content (AvgIpc) is 3.24. The van der Waals surface area contributed by atoms with Crippen molar-refractivity contribution < 1.29 is 22.4 Å². The lowest BCUT2D eigenvalue weighted by atomic mass is 10.1. The van der Waals surface area contributed by atoms with Gasteiger partial charge in [-0.05, 0) is 60.7 Å². The highest BCUT2D eigenvalue weighted by atomic mass is 35.5. The molecule has 0 bridgehead atoms. The third-order valence-corrected chi connectivity index (χ3v) is 4.65. The molecule has 0 aliphatic heterocycles. The quantitative estimate of drug-likeness (QED) is 0.400. The summed E-state index contributed by atoms with van der Waals surface area (Å²) in [6.45, 7) is 0. The summed E-state index contributed by atoms with van der Waals surface area (Å²) in [6.07, 6.45) is -4.47.